The molecule has 1 aromatic heterocycles. The Bertz CT molecular complexity index is 1100. The zero-order chi connectivity index (χ0) is 18.3. The third-order valence-corrected chi connectivity index (χ3v) is 5.46. The third kappa shape index (κ3) is 3.07. The number of pyridine rings is 1. The summed E-state index contributed by atoms with van der Waals surface area (Å²) in [4.78, 5) is 19.2. The summed E-state index contributed by atoms with van der Waals surface area (Å²) >= 11 is 12.7. The first-order valence-electron chi connectivity index (χ1n) is 7.65. The number of thiocarbonyl (C=S) groups is 1. The summed E-state index contributed by atoms with van der Waals surface area (Å²) in [6.45, 7) is 0. The zero-order valence-electron chi connectivity index (χ0n) is 13.2. The van der Waals surface area contributed by atoms with Crippen molar-refractivity contribution in [1.29, 1.82) is 0 Å². The fraction of sp³-hybridized carbons (Fsp3) is 0. The largest absolute Gasteiger partial charge is 0.508 e. The lowest BCUT2D eigenvalue weighted by Gasteiger charge is -2.14. The van der Waals surface area contributed by atoms with Gasteiger partial charge in [0.05, 0.1) is 26.8 Å². The molecule has 7 heteroatoms. The molecule has 2 heterocycles. The van der Waals surface area contributed by atoms with Crippen LogP contribution in [0.3, 0.4) is 0 Å². The van der Waals surface area contributed by atoms with Crippen LogP contribution >= 0.6 is 35.6 Å². The summed E-state index contributed by atoms with van der Waals surface area (Å²) in [7, 11) is 0. The Morgan fingerprint density at radius 3 is 2.77 bits per heavy atom. The minimum Gasteiger partial charge on any atom is -0.508 e. The highest BCUT2D eigenvalue weighted by molar-refractivity contribution is 8.27. The molecule has 1 fully saturated rings. The molecule has 0 bridgehead atoms. The second-order valence-corrected chi connectivity index (χ2v) is 7.67. The number of phenolic OH excluding ortho intramolecular Hbond substituents is 1. The molecule has 1 aliphatic heterocycles. The first-order valence-corrected chi connectivity index (χ1v) is 9.25. The van der Waals surface area contributed by atoms with E-state index >= 15 is 0 Å². The van der Waals surface area contributed by atoms with Crippen LogP contribution in [0, 0.1) is 0 Å². The van der Waals surface area contributed by atoms with Crippen molar-refractivity contribution in [1.82, 2.24) is 4.98 Å². The lowest BCUT2D eigenvalue weighted by Crippen LogP contribution is -2.27. The molecule has 0 radical (unpaired) electrons. The van der Waals surface area contributed by atoms with Crippen LogP contribution in [-0.2, 0) is 4.79 Å². The SMILES string of the molecule is O=C1/C(=C\c2ccc3cccc(Cl)c3n2)SC(=S)N1c1cccc(O)c1. The maximum absolute atomic E-state index is 12.8. The number of aromatic nitrogens is 1. The molecule has 0 aliphatic carbocycles. The highest BCUT2D eigenvalue weighted by atomic mass is 35.5. The second-order valence-electron chi connectivity index (χ2n) is 5.58. The van der Waals surface area contributed by atoms with E-state index in [0.29, 0.717) is 31.1 Å². The van der Waals surface area contributed by atoms with Gasteiger partial charge in [-0.05, 0) is 30.3 Å². The van der Waals surface area contributed by atoms with Crippen molar-refractivity contribution in [3.63, 3.8) is 0 Å². The first kappa shape index (κ1) is 17.0. The number of nitrogens with zero attached hydrogens (tertiary/aromatic N) is 2. The van der Waals surface area contributed by atoms with E-state index in [0.717, 1.165) is 5.39 Å². The first-order chi connectivity index (χ1) is 12.5. The van der Waals surface area contributed by atoms with E-state index in [-0.39, 0.29) is 11.7 Å². The van der Waals surface area contributed by atoms with Gasteiger partial charge in [0.1, 0.15) is 5.75 Å². The van der Waals surface area contributed by atoms with E-state index in [2.05, 4.69) is 4.98 Å². The molecule has 0 spiro atoms. The predicted molar refractivity (Wildman–Crippen MR) is 111 cm³/mol. The minimum atomic E-state index is -0.244. The Balaban J connectivity index is 1.71. The van der Waals surface area contributed by atoms with Crippen molar-refractivity contribution in [3.05, 3.63) is 70.2 Å². The van der Waals surface area contributed by atoms with Gasteiger partial charge in [-0.15, -0.1) is 0 Å². The van der Waals surface area contributed by atoms with Crippen molar-refractivity contribution in [2.75, 3.05) is 4.90 Å². The van der Waals surface area contributed by atoms with Crippen LogP contribution in [0.1, 0.15) is 5.69 Å². The number of thioether (sulfide) groups is 1. The van der Waals surface area contributed by atoms with Crippen molar-refractivity contribution < 1.29 is 9.90 Å². The monoisotopic (exact) mass is 398 g/mol. The number of hydrogen-bond acceptors (Lipinski definition) is 5. The second kappa shape index (κ2) is 6.72. The molecule has 4 rings (SSSR count). The molecular weight excluding hydrogens is 388 g/mol. The standard InChI is InChI=1S/C19H11ClN2O2S2/c20-15-6-1-3-11-7-8-12(21-17(11)15)9-16-18(24)22(19(25)26-16)13-4-2-5-14(23)10-13/h1-10,23H/b16-9+. The van der Waals surface area contributed by atoms with Crippen LogP contribution in [-0.4, -0.2) is 20.3 Å². The summed E-state index contributed by atoms with van der Waals surface area (Å²) in [6, 6.07) is 15.8. The smallest absolute Gasteiger partial charge is 0.270 e. The average molecular weight is 399 g/mol. The molecule has 1 saturated heterocycles. The number of hydrogen-bond donors (Lipinski definition) is 1. The summed E-state index contributed by atoms with van der Waals surface area (Å²) < 4.78 is 0.408. The Morgan fingerprint density at radius 2 is 1.96 bits per heavy atom. The Hall–Kier alpha value is -2.41. The number of rotatable bonds is 2. The van der Waals surface area contributed by atoms with Gasteiger partial charge in [-0.25, -0.2) is 4.98 Å². The van der Waals surface area contributed by atoms with E-state index in [9.17, 15) is 9.90 Å². The lowest BCUT2D eigenvalue weighted by molar-refractivity contribution is -0.113. The van der Waals surface area contributed by atoms with Crippen molar-refractivity contribution in [3.8, 4) is 5.75 Å². The van der Waals surface area contributed by atoms with Crippen LogP contribution in [0.4, 0.5) is 5.69 Å². The summed E-state index contributed by atoms with van der Waals surface area (Å²) in [5.41, 5.74) is 1.85. The molecule has 0 atom stereocenters. The third-order valence-electron chi connectivity index (χ3n) is 3.85. The maximum Gasteiger partial charge on any atom is 0.270 e. The molecule has 0 unspecified atom stereocenters. The average Bonchev–Trinajstić information content (AvgIpc) is 2.89. The Morgan fingerprint density at radius 1 is 1.15 bits per heavy atom. The summed E-state index contributed by atoms with van der Waals surface area (Å²) in [5.74, 6) is -0.168. The van der Waals surface area contributed by atoms with Crippen molar-refractivity contribution in [2.24, 2.45) is 0 Å². The van der Waals surface area contributed by atoms with Crippen molar-refractivity contribution in [2.45, 2.75) is 0 Å². The quantitative estimate of drug-likeness (QED) is 0.486. The van der Waals surface area contributed by atoms with E-state index in [1.165, 1.54) is 22.7 Å². The molecule has 2 aromatic carbocycles. The Labute approximate surface area is 164 Å². The van der Waals surface area contributed by atoms with E-state index in [1.54, 1.807) is 30.3 Å². The van der Waals surface area contributed by atoms with Gasteiger partial charge in [-0.1, -0.05) is 59.8 Å². The number of aromatic hydroxyl groups is 1. The van der Waals surface area contributed by atoms with Crippen molar-refractivity contribution >= 4 is 68.5 Å². The van der Waals surface area contributed by atoms with E-state index < -0.39 is 0 Å². The minimum absolute atomic E-state index is 0.0753. The molecule has 1 N–H and O–H groups in total. The van der Waals surface area contributed by atoms with E-state index in [1.807, 2.05) is 24.3 Å². The predicted octanol–water partition coefficient (Wildman–Crippen LogP) is 5.00. The fourth-order valence-corrected chi connectivity index (χ4v) is 4.17. The lowest BCUT2D eigenvalue weighted by atomic mass is 10.2. The molecule has 128 valence electrons. The molecule has 0 saturated carbocycles. The van der Waals surface area contributed by atoms with E-state index in [4.69, 9.17) is 23.8 Å². The van der Waals surface area contributed by atoms with Crippen LogP contribution in [0.2, 0.25) is 5.02 Å². The van der Waals surface area contributed by atoms with Crippen LogP contribution in [0.25, 0.3) is 17.0 Å². The van der Waals surface area contributed by atoms with Gasteiger partial charge in [0.25, 0.3) is 5.91 Å². The number of anilines is 1. The number of para-hydroxylation sites is 1. The number of fused-ring (bicyclic) bond motifs is 1. The Kier molecular flexibility index (Phi) is 4.40. The van der Waals surface area contributed by atoms with Crippen LogP contribution in [0.5, 0.6) is 5.75 Å². The number of carbonyl (C=O) groups excluding carboxylic acids is 1. The van der Waals surface area contributed by atoms with Gasteiger partial charge in [0.2, 0.25) is 0 Å². The van der Waals surface area contributed by atoms with Gasteiger partial charge in [-0.2, -0.15) is 0 Å². The molecule has 1 aliphatic rings. The highest BCUT2D eigenvalue weighted by Gasteiger charge is 2.33. The van der Waals surface area contributed by atoms with Gasteiger partial charge in [0.15, 0.2) is 4.32 Å². The highest BCUT2D eigenvalue weighted by Crippen LogP contribution is 2.37. The summed E-state index contributed by atoms with van der Waals surface area (Å²) in [6.07, 6.45) is 1.70. The number of halogens is 1. The van der Waals surface area contributed by atoms with Gasteiger partial charge >= 0.3 is 0 Å². The zero-order valence-corrected chi connectivity index (χ0v) is 15.6. The fourth-order valence-electron chi connectivity index (χ4n) is 2.66. The number of carbonyl (C=O) groups is 1. The van der Waals surface area contributed by atoms with Gasteiger partial charge in [0, 0.05) is 11.5 Å². The van der Waals surface area contributed by atoms with Gasteiger partial charge in [-0.3, -0.25) is 9.69 Å². The number of phenols is 1. The topological polar surface area (TPSA) is 53.4 Å². The molecule has 26 heavy (non-hydrogen) atoms. The number of amides is 1. The normalized spacial score (nSPS) is 16.0. The van der Waals surface area contributed by atoms with Gasteiger partial charge < -0.3 is 5.11 Å². The van der Waals surface area contributed by atoms with Crippen LogP contribution < -0.4 is 4.90 Å². The number of benzene rings is 2. The summed E-state index contributed by atoms with van der Waals surface area (Å²) in [5, 5.41) is 11.1. The maximum atomic E-state index is 12.8. The molecule has 4 nitrogen and oxygen atoms in total. The molecule has 1 amide bonds. The molecular formula is C19H11ClN2O2S2. The molecule has 3 aromatic rings. The van der Waals surface area contributed by atoms with Crippen LogP contribution in [0.15, 0.2) is 59.5 Å².